The van der Waals surface area contributed by atoms with Crippen LogP contribution in [-0.2, 0) is 0 Å². The maximum atomic E-state index is 8.43. The SMILES string of the molecule is N#C[C@@H](N)c1ccc(Br)cn1. The minimum atomic E-state index is -0.622. The first-order valence-corrected chi connectivity index (χ1v) is 3.80. The summed E-state index contributed by atoms with van der Waals surface area (Å²) < 4.78 is 0.881. The van der Waals surface area contributed by atoms with E-state index in [1.807, 2.05) is 6.07 Å². The second-order valence-electron chi connectivity index (χ2n) is 2.01. The molecular formula is C7H6BrN3. The van der Waals surface area contributed by atoms with Gasteiger partial charge in [0.15, 0.2) is 0 Å². The number of rotatable bonds is 1. The van der Waals surface area contributed by atoms with E-state index in [9.17, 15) is 0 Å². The molecule has 1 heterocycles. The molecule has 2 N–H and O–H groups in total. The monoisotopic (exact) mass is 211 g/mol. The van der Waals surface area contributed by atoms with Crippen LogP contribution < -0.4 is 5.73 Å². The maximum absolute atomic E-state index is 8.43. The number of aromatic nitrogens is 1. The quantitative estimate of drug-likeness (QED) is 0.764. The zero-order valence-electron chi connectivity index (χ0n) is 5.66. The van der Waals surface area contributed by atoms with Crippen molar-refractivity contribution in [1.29, 1.82) is 5.26 Å². The van der Waals surface area contributed by atoms with Crippen molar-refractivity contribution in [3.8, 4) is 6.07 Å². The van der Waals surface area contributed by atoms with Gasteiger partial charge in [-0.15, -0.1) is 0 Å². The molecule has 1 atom stereocenters. The van der Waals surface area contributed by atoms with Gasteiger partial charge in [0.05, 0.1) is 11.8 Å². The number of nitrogens with two attached hydrogens (primary N) is 1. The highest BCUT2D eigenvalue weighted by Crippen LogP contribution is 2.10. The van der Waals surface area contributed by atoms with E-state index < -0.39 is 6.04 Å². The van der Waals surface area contributed by atoms with Gasteiger partial charge in [0, 0.05) is 10.7 Å². The van der Waals surface area contributed by atoms with Gasteiger partial charge in [-0.3, -0.25) is 4.98 Å². The summed E-state index contributed by atoms with van der Waals surface area (Å²) in [5.74, 6) is 0. The molecule has 56 valence electrons. The van der Waals surface area contributed by atoms with Crippen molar-refractivity contribution in [1.82, 2.24) is 4.98 Å². The van der Waals surface area contributed by atoms with Gasteiger partial charge in [-0.25, -0.2) is 0 Å². The maximum Gasteiger partial charge on any atom is 0.135 e. The third-order valence-corrected chi connectivity index (χ3v) is 1.68. The van der Waals surface area contributed by atoms with E-state index in [0.717, 1.165) is 4.47 Å². The van der Waals surface area contributed by atoms with E-state index in [4.69, 9.17) is 11.0 Å². The van der Waals surface area contributed by atoms with Crippen LogP contribution in [0.2, 0.25) is 0 Å². The van der Waals surface area contributed by atoms with E-state index in [-0.39, 0.29) is 0 Å². The highest BCUT2D eigenvalue weighted by Gasteiger charge is 2.03. The standard InChI is InChI=1S/C7H6BrN3/c8-5-1-2-7(11-4-5)6(10)3-9/h1-2,4,6H,10H2/t6-/m1/s1. The summed E-state index contributed by atoms with van der Waals surface area (Å²) in [5, 5.41) is 8.43. The van der Waals surface area contributed by atoms with Gasteiger partial charge >= 0.3 is 0 Å². The fourth-order valence-corrected chi connectivity index (χ4v) is 0.872. The average molecular weight is 212 g/mol. The number of hydrogen-bond donors (Lipinski definition) is 1. The summed E-state index contributed by atoms with van der Waals surface area (Å²) in [6.07, 6.45) is 1.62. The number of halogens is 1. The van der Waals surface area contributed by atoms with Crippen LogP contribution in [0.5, 0.6) is 0 Å². The molecule has 0 amide bonds. The molecule has 0 spiro atoms. The van der Waals surface area contributed by atoms with Gasteiger partial charge in [0.2, 0.25) is 0 Å². The zero-order valence-corrected chi connectivity index (χ0v) is 7.25. The smallest absolute Gasteiger partial charge is 0.135 e. The lowest BCUT2D eigenvalue weighted by Gasteiger charge is -1.99. The van der Waals surface area contributed by atoms with Crippen molar-refractivity contribution in [2.24, 2.45) is 5.73 Å². The van der Waals surface area contributed by atoms with Gasteiger partial charge in [0.25, 0.3) is 0 Å². The Kier molecular flexibility index (Phi) is 2.58. The molecule has 0 aromatic carbocycles. The fourth-order valence-electron chi connectivity index (χ4n) is 0.637. The van der Waals surface area contributed by atoms with Crippen molar-refractivity contribution < 1.29 is 0 Å². The van der Waals surface area contributed by atoms with Gasteiger partial charge in [0.1, 0.15) is 6.04 Å². The summed E-state index contributed by atoms with van der Waals surface area (Å²) in [6, 6.07) is 4.80. The number of hydrogen-bond acceptors (Lipinski definition) is 3. The molecular weight excluding hydrogens is 206 g/mol. The highest BCUT2D eigenvalue weighted by molar-refractivity contribution is 9.10. The molecule has 1 aromatic rings. The first-order chi connectivity index (χ1) is 5.24. The molecule has 0 saturated carbocycles. The van der Waals surface area contributed by atoms with E-state index in [1.54, 1.807) is 18.3 Å². The Morgan fingerprint density at radius 1 is 1.64 bits per heavy atom. The first kappa shape index (κ1) is 8.18. The predicted octanol–water partition coefficient (Wildman–Crippen LogP) is 1.37. The van der Waals surface area contributed by atoms with Crippen LogP contribution in [0, 0.1) is 11.3 Å². The largest absolute Gasteiger partial charge is 0.311 e. The molecule has 11 heavy (non-hydrogen) atoms. The van der Waals surface area contributed by atoms with Crippen LogP contribution >= 0.6 is 15.9 Å². The minimum absolute atomic E-state index is 0.593. The lowest BCUT2D eigenvalue weighted by atomic mass is 10.2. The topological polar surface area (TPSA) is 62.7 Å². The lowest BCUT2D eigenvalue weighted by molar-refractivity contribution is 0.874. The van der Waals surface area contributed by atoms with Crippen LogP contribution in [0.3, 0.4) is 0 Å². The third-order valence-electron chi connectivity index (χ3n) is 1.21. The summed E-state index contributed by atoms with van der Waals surface area (Å²) in [6.45, 7) is 0. The van der Waals surface area contributed by atoms with E-state index in [2.05, 4.69) is 20.9 Å². The van der Waals surface area contributed by atoms with Gasteiger partial charge in [-0.05, 0) is 28.1 Å². The van der Waals surface area contributed by atoms with E-state index >= 15 is 0 Å². The molecule has 0 unspecified atom stereocenters. The van der Waals surface area contributed by atoms with Crippen molar-refractivity contribution in [3.63, 3.8) is 0 Å². The Hall–Kier alpha value is -0.920. The fraction of sp³-hybridized carbons (Fsp3) is 0.143. The average Bonchev–Trinajstić information content (AvgIpc) is 2.05. The Balaban J connectivity index is 2.92. The van der Waals surface area contributed by atoms with Crippen LogP contribution in [0.25, 0.3) is 0 Å². The van der Waals surface area contributed by atoms with E-state index in [1.165, 1.54) is 0 Å². The summed E-state index contributed by atoms with van der Waals surface area (Å²) in [5.41, 5.74) is 6.00. The van der Waals surface area contributed by atoms with Crippen molar-refractivity contribution in [3.05, 3.63) is 28.5 Å². The molecule has 0 aliphatic rings. The molecule has 4 heteroatoms. The second-order valence-corrected chi connectivity index (χ2v) is 2.92. The predicted molar refractivity (Wildman–Crippen MR) is 44.5 cm³/mol. The van der Waals surface area contributed by atoms with Crippen LogP contribution in [0.4, 0.5) is 0 Å². The Morgan fingerprint density at radius 2 is 2.36 bits per heavy atom. The number of nitrogens with zero attached hydrogens (tertiary/aromatic N) is 2. The third kappa shape index (κ3) is 2.00. The molecule has 0 aliphatic carbocycles. The van der Waals surface area contributed by atoms with Crippen molar-refractivity contribution in [2.75, 3.05) is 0 Å². The Labute approximate surface area is 73.0 Å². The Bertz CT molecular complexity index is 275. The van der Waals surface area contributed by atoms with Gasteiger partial charge in [-0.2, -0.15) is 5.26 Å². The van der Waals surface area contributed by atoms with E-state index in [0.29, 0.717) is 5.69 Å². The minimum Gasteiger partial charge on any atom is -0.311 e. The molecule has 0 radical (unpaired) electrons. The highest BCUT2D eigenvalue weighted by atomic mass is 79.9. The first-order valence-electron chi connectivity index (χ1n) is 3.00. The second kappa shape index (κ2) is 3.46. The summed E-state index contributed by atoms with van der Waals surface area (Å²) in [4.78, 5) is 3.95. The number of nitriles is 1. The molecule has 0 bridgehead atoms. The lowest BCUT2D eigenvalue weighted by Crippen LogP contribution is -2.08. The molecule has 0 saturated heterocycles. The van der Waals surface area contributed by atoms with Crippen LogP contribution in [0.1, 0.15) is 11.7 Å². The summed E-state index contributed by atoms with van der Waals surface area (Å²) in [7, 11) is 0. The number of pyridine rings is 1. The van der Waals surface area contributed by atoms with Crippen molar-refractivity contribution >= 4 is 15.9 Å². The molecule has 3 nitrogen and oxygen atoms in total. The van der Waals surface area contributed by atoms with Gasteiger partial charge in [-0.1, -0.05) is 0 Å². The zero-order chi connectivity index (χ0) is 8.27. The molecule has 1 rings (SSSR count). The summed E-state index contributed by atoms with van der Waals surface area (Å²) >= 11 is 3.23. The Morgan fingerprint density at radius 3 is 2.82 bits per heavy atom. The van der Waals surface area contributed by atoms with Crippen LogP contribution in [-0.4, -0.2) is 4.98 Å². The normalized spacial score (nSPS) is 12.1. The molecule has 0 fully saturated rings. The molecule has 0 aliphatic heterocycles. The molecule has 1 aromatic heterocycles. The van der Waals surface area contributed by atoms with Gasteiger partial charge < -0.3 is 5.73 Å². The van der Waals surface area contributed by atoms with Crippen molar-refractivity contribution in [2.45, 2.75) is 6.04 Å². The van der Waals surface area contributed by atoms with Crippen LogP contribution in [0.15, 0.2) is 22.8 Å².